The van der Waals surface area contributed by atoms with Crippen molar-refractivity contribution in [2.75, 3.05) is 0 Å². The van der Waals surface area contributed by atoms with Gasteiger partial charge in [-0.1, -0.05) is 42.5 Å². The molecule has 0 fully saturated rings. The second kappa shape index (κ2) is 10.7. The van der Waals surface area contributed by atoms with Crippen molar-refractivity contribution in [3.05, 3.63) is 132 Å². The minimum absolute atomic E-state index is 0.956. The topological polar surface area (TPSA) is 51.6 Å². The number of nitrogens with zero attached hydrogens (tertiary/aromatic N) is 4. The first-order valence-corrected chi connectivity index (χ1v) is 13.4. The molecule has 4 heteroatoms. The van der Waals surface area contributed by atoms with E-state index in [9.17, 15) is 0 Å². The van der Waals surface area contributed by atoms with Gasteiger partial charge in [0, 0.05) is 65.0 Å². The number of rotatable bonds is 5. The lowest BCUT2D eigenvalue weighted by molar-refractivity contribution is 1.22. The van der Waals surface area contributed by atoms with Crippen LogP contribution in [0.4, 0.5) is 0 Å². The van der Waals surface area contributed by atoms with Gasteiger partial charge in [-0.15, -0.1) is 0 Å². The molecular weight excluding hydrogens is 488 g/mol. The zero-order valence-electron chi connectivity index (χ0n) is 23.2. The average Bonchev–Trinajstić information content (AvgIpc) is 2.98. The number of aryl methyl sites for hydroxylation is 4. The van der Waals surface area contributed by atoms with Gasteiger partial charge in [0.05, 0.1) is 11.4 Å². The quantitative estimate of drug-likeness (QED) is 0.229. The van der Waals surface area contributed by atoms with Crippen LogP contribution in [0.15, 0.2) is 110 Å². The molecule has 0 aliphatic carbocycles. The Labute approximate surface area is 235 Å². The number of hydrogen-bond acceptors (Lipinski definition) is 4. The largest absolute Gasteiger partial charge is 0.264 e. The molecule has 0 aliphatic rings. The highest BCUT2D eigenvalue weighted by Crippen LogP contribution is 2.33. The monoisotopic (exact) mass is 518 g/mol. The van der Waals surface area contributed by atoms with Gasteiger partial charge in [-0.3, -0.25) is 19.9 Å². The molecule has 6 aromatic rings. The molecule has 4 heterocycles. The molecule has 2 aromatic carbocycles. The molecule has 0 unspecified atom stereocenters. The van der Waals surface area contributed by atoms with E-state index in [0.717, 1.165) is 55.9 Å². The lowest BCUT2D eigenvalue weighted by Gasteiger charge is -2.13. The lowest BCUT2D eigenvalue weighted by atomic mass is 9.95. The zero-order valence-corrected chi connectivity index (χ0v) is 23.2. The van der Waals surface area contributed by atoms with Crippen LogP contribution >= 0.6 is 0 Å². The van der Waals surface area contributed by atoms with Gasteiger partial charge in [-0.05, 0) is 97.0 Å². The fourth-order valence-corrected chi connectivity index (χ4v) is 5.39. The Morgan fingerprint density at radius 2 is 0.875 bits per heavy atom. The minimum atomic E-state index is 0.956. The molecule has 0 saturated heterocycles. The molecule has 0 aliphatic heterocycles. The molecule has 0 atom stereocenters. The van der Waals surface area contributed by atoms with Crippen molar-refractivity contribution in [1.82, 2.24) is 19.9 Å². The van der Waals surface area contributed by atoms with Gasteiger partial charge in [0.2, 0.25) is 0 Å². The SMILES string of the molecule is Cc1cc(-c2cnc(-c3cnc(-c4ccc(-c5cccnc5)c(C)c4)c(C)c3)c(C)c2)ccc1-c1cccnc1. The van der Waals surface area contributed by atoms with Crippen molar-refractivity contribution >= 4 is 0 Å². The molecule has 0 N–H and O–H groups in total. The Morgan fingerprint density at radius 3 is 1.40 bits per heavy atom. The number of hydrogen-bond donors (Lipinski definition) is 0. The van der Waals surface area contributed by atoms with Crippen molar-refractivity contribution < 1.29 is 0 Å². The Balaban J connectivity index is 1.27. The van der Waals surface area contributed by atoms with Gasteiger partial charge in [0.15, 0.2) is 0 Å². The highest BCUT2D eigenvalue weighted by atomic mass is 14.7. The molecule has 194 valence electrons. The minimum Gasteiger partial charge on any atom is -0.264 e. The summed E-state index contributed by atoms with van der Waals surface area (Å²) in [5, 5.41) is 0. The molecular formula is C36H30N4. The van der Waals surface area contributed by atoms with E-state index in [1.54, 1.807) is 12.4 Å². The summed E-state index contributed by atoms with van der Waals surface area (Å²) in [6.07, 6.45) is 11.3. The van der Waals surface area contributed by atoms with Crippen molar-refractivity contribution in [1.29, 1.82) is 0 Å². The highest BCUT2D eigenvalue weighted by molar-refractivity contribution is 5.77. The second-order valence-electron chi connectivity index (χ2n) is 10.3. The maximum absolute atomic E-state index is 4.88. The number of pyridine rings is 4. The number of benzene rings is 2. The average molecular weight is 519 g/mol. The van der Waals surface area contributed by atoms with Gasteiger partial charge in [-0.2, -0.15) is 0 Å². The first-order valence-electron chi connectivity index (χ1n) is 13.4. The molecule has 0 bridgehead atoms. The summed E-state index contributed by atoms with van der Waals surface area (Å²) in [7, 11) is 0. The van der Waals surface area contributed by atoms with Crippen LogP contribution < -0.4 is 0 Å². The fourth-order valence-electron chi connectivity index (χ4n) is 5.39. The summed E-state index contributed by atoms with van der Waals surface area (Å²) in [6, 6.07) is 25.6. The molecule has 0 saturated carbocycles. The number of aromatic nitrogens is 4. The summed E-state index contributed by atoms with van der Waals surface area (Å²) in [5.74, 6) is 0. The molecule has 0 radical (unpaired) electrons. The lowest BCUT2D eigenvalue weighted by Crippen LogP contribution is -1.95. The van der Waals surface area contributed by atoms with Crippen LogP contribution in [0.1, 0.15) is 22.3 Å². The van der Waals surface area contributed by atoms with E-state index >= 15 is 0 Å². The van der Waals surface area contributed by atoms with Crippen LogP contribution in [0.5, 0.6) is 0 Å². The summed E-state index contributed by atoms with van der Waals surface area (Å²) >= 11 is 0. The third kappa shape index (κ3) is 4.92. The van der Waals surface area contributed by atoms with Crippen LogP contribution in [0, 0.1) is 27.7 Å². The van der Waals surface area contributed by atoms with E-state index in [1.165, 1.54) is 22.3 Å². The maximum Gasteiger partial charge on any atom is 0.0747 e. The third-order valence-corrected chi connectivity index (χ3v) is 7.43. The van der Waals surface area contributed by atoms with Crippen molar-refractivity contribution in [2.45, 2.75) is 27.7 Å². The van der Waals surface area contributed by atoms with Crippen LogP contribution in [0.2, 0.25) is 0 Å². The van der Waals surface area contributed by atoms with E-state index in [2.05, 4.69) is 98.3 Å². The second-order valence-corrected chi connectivity index (χ2v) is 10.3. The summed E-state index contributed by atoms with van der Waals surface area (Å²) in [5.41, 5.74) is 15.6. The summed E-state index contributed by atoms with van der Waals surface area (Å²) < 4.78 is 0. The van der Waals surface area contributed by atoms with E-state index in [-0.39, 0.29) is 0 Å². The standard InChI is InChI=1S/C36H30N4/c1-23-15-27(9-11-33(23)29-7-5-13-37-19-29)31-17-25(3)36(39-21-31)32-18-26(4)35(40-22-32)28-10-12-34(24(2)16-28)30-8-6-14-38-20-30/h5-22H,1-4H3. The van der Waals surface area contributed by atoms with Gasteiger partial charge in [0.1, 0.15) is 0 Å². The zero-order chi connectivity index (χ0) is 27.6. The van der Waals surface area contributed by atoms with Gasteiger partial charge in [-0.25, -0.2) is 0 Å². The summed E-state index contributed by atoms with van der Waals surface area (Å²) in [4.78, 5) is 18.3. The van der Waals surface area contributed by atoms with Crippen LogP contribution in [-0.4, -0.2) is 19.9 Å². The Kier molecular flexibility index (Phi) is 6.75. The first kappa shape index (κ1) is 25.3. The molecule has 40 heavy (non-hydrogen) atoms. The molecule has 0 spiro atoms. The molecule has 0 amide bonds. The van der Waals surface area contributed by atoms with Crippen molar-refractivity contribution in [3.63, 3.8) is 0 Å². The fraction of sp³-hybridized carbons (Fsp3) is 0.111. The predicted octanol–water partition coefficient (Wildman–Crippen LogP) is 8.84. The normalized spacial score (nSPS) is 11.0. The van der Waals surface area contributed by atoms with E-state index in [1.807, 2.05) is 36.9 Å². The van der Waals surface area contributed by atoms with Gasteiger partial charge >= 0.3 is 0 Å². The third-order valence-electron chi connectivity index (χ3n) is 7.43. The van der Waals surface area contributed by atoms with Gasteiger partial charge < -0.3 is 0 Å². The molecule has 4 aromatic heterocycles. The van der Waals surface area contributed by atoms with Gasteiger partial charge in [0.25, 0.3) is 0 Å². The molecule has 6 rings (SSSR count). The Hall–Kier alpha value is -4.96. The van der Waals surface area contributed by atoms with Crippen molar-refractivity contribution in [3.8, 4) is 55.9 Å². The maximum atomic E-state index is 4.88. The summed E-state index contributed by atoms with van der Waals surface area (Å²) in [6.45, 7) is 8.52. The van der Waals surface area contributed by atoms with Crippen molar-refractivity contribution in [2.24, 2.45) is 0 Å². The Morgan fingerprint density at radius 1 is 0.400 bits per heavy atom. The Bertz CT molecular complexity index is 1830. The van der Waals surface area contributed by atoms with E-state index in [0.29, 0.717) is 0 Å². The van der Waals surface area contributed by atoms with Crippen LogP contribution in [0.25, 0.3) is 55.9 Å². The van der Waals surface area contributed by atoms with E-state index < -0.39 is 0 Å². The first-order chi connectivity index (χ1) is 19.5. The van der Waals surface area contributed by atoms with E-state index in [4.69, 9.17) is 9.97 Å². The van der Waals surface area contributed by atoms with Crippen LogP contribution in [0.3, 0.4) is 0 Å². The highest BCUT2D eigenvalue weighted by Gasteiger charge is 2.13. The molecule has 4 nitrogen and oxygen atoms in total. The predicted molar refractivity (Wildman–Crippen MR) is 164 cm³/mol. The van der Waals surface area contributed by atoms with Crippen LogP contribution in [-0.2, 0) is 0 Å². The smallest absolute Gasteiger partial charge is 0.0747 e.